The minimum absolute atomic E-state index is 0.0972. The predicted octanol–water partition coefficient (Wildman–Crippen LogP) is 1.46. The zero-order chi connectivity index (χ0) is 17.8. The number of rotatable bonds is 7. The fourth-order valence-corrected chi connectivity index (χ4v) is 2.85. The molecule has 1 atom stereocenters. The van der Waals surface area contributed by atoms with Crippen LogP contribution in [0.3, 0.4) is 0 Å². The third-order valence-corrected chi connectivity index (χ3v) is 4.09. The molecule has 0 aliphatic heterocycles. The van der Waals surface area contributed by atoms with Gasteiger partial charge in [-0.15, -0.1) is 10.2 Å². The lowest BCUT2D eigenvalue weighted by Crippen LogP contribution is -2.32. The van der Waals surface area contributed by atoms with Gasteiger partial charge in [0.25, 0.3) is 0 Å². The summed E-state index contributed by atoms with van der Waals surface area (Å²) in [6.07, 6.45) is 1.64. The van der Waals surface area contributed by atoms with E-state index in [2.05, 4.69) is 20.5 Å². The van der Waals surface area contributed by atoms with Crippen LogP contribution in [-0.4, -0.2) is 43.9 Å². The highest BCUT2D eigenvalue weighted by molar-refractivity contribution is 5.81. The topological polar surface area (TPSA) is 86.9 Å². The summed E-state index contributed by atoms with van der Waals surface area (Å²) in [7, 11) is 1.65. The minimum atomic E-state index is -0.248. The van der Waals surface area contributed by atoms with E-state index in [1.165, 1.54) is 0 Å². The Bertz CT molecular complexity index is 869. The first kappa shape index (κ1) is 17.1. The van der Waals surface area contributed by atoms with Crippen molar-refractivity contribution in [2.24, 2.45) is 0 Å². The van der Waals surface area contributed by atoms with Crippen LogP contribution in [0.2, 0.25) is 0 Å². The fraction of sp³-hybridized carbons (Fsp3) is 0.412. The van der Waals surface area contributed by atoms with Gasteiger partial charge in [0.1, 0.15) is 18.7 Å². The van der Waals surface area contributed by atoms with Crippen LogP contribution < -0.4 is 5.32 Å². The summed E-state index contributed by atoms with van der Waals surface area (Å²) in [6, 6.07) is 7.54. The van der Waals surface area contributed by atoms with Crippen molar-refractivity contribution < 1.29 is 9.53 Å². The smallest absolute Gasteiger partial charge is 0.240 e. The monoisotopic (exact) mass is 342 g/mol. The van der Waals surface area contributed by atoms with Gasteiger partial charge in [0.05, 0.1) is 23.7 Å². The zero-order valence-corrected chi connectivity index (χ0v) is 14.6. The van der Waals surface area contributed by atoms with Crippen LogP contribution in [0.25, 0.3) is 11.0 Å². The van der Waals surface area contributed by atoms with Crippen molar-refractivity contribution in [1.82, 2.24) is 29.6 Å². The molecule has 8 heteroatoms. The number of nitrogens with zero attached hydrogens (tertiary/aromatic N) is 5. The molecule has 1 N–H and O–H groups in total. The summed E-state index contributed by atoms with van der Waals surface area (Å²) >= 11 is 0. The van der Waals surface area contributed by atoms with Gasteiger partial charge in [-0.1, -0.05) is 12.1 Å². The van der Waals surface area contributed by atoms with Gasteiger partial charge >= 0.3 is 0 Å². The SMILES string of the molecule is COCCn1cnnc1C(C)NC(=O)Cn1c(C)nc2ccccc21. The second-order valence-electron chi connectivity index (χ2n) is 5.90. The molecule has 0 saturated carbocycles. The Labute approximate surface area is 145 Å². The fourth-order valence-electron chi connectivity index (χ4n) is 2.85. The van der Waals surface area contributed by atoms with Gasteiger partial charge in [-0.05, 0) is 26.0 Å². The maximum Gasteiger partial charge on any atom is 0.240 e. The number of nitrogens with one attached hydrogen (secondary N) is 1. The van der Waals surface area contributed by atoms with Crippen LogP contribution >= 0.6 is 0 Å². The van der Waals surface area contributed by atoms with Crippen molar-refractivity contribution in [3.63, 3.8) is 0 Å². The van der Waals surface area contributed by atoms with Crippen LogP contribution in [0.4, 0.5) is 0 Å². The van der Waals surface area contributed by atoms with Gasteiger partial charge in [-0.25, -0.2) is 4.98 Å². The molecular weight excluding hydrogens is 320 g/mol. The van der Waals surface area contributed by atoms with E-state index in [9.17, 15) is 4.79 Å². The number of hydrogen-bond acceptors (Lipinski definition) is 5. The molecule has 0 spiro atoms. The van der Waals surface area contributed by atoms with Gasteiger partial charge in [0.15, 0.2) is 5.82 Å². The summed E-state index contributed by atoms with van der Waals surface area (Å²) in [4.78, 5) is 17.0. The molecule has 0 fully saturated rings. The van der Waals surface area contributed by atoms with E-state index < -0.39 is 0 Å². The van der Waals surface area contributed by atoms with E-state index >= 15 is 0 Å². The van der Waals surface area contributed by atoms with Crippen molar-refractivity contribution in [2.45, 2.75) is 33.0 Å². The Morgan fingerprint density at radius 3 is 2.96 bits per heavy atom. The number of imidazole rings is 1. The van der Waals surface area contributed by atoms with Gasteiger partial charge in [-0.2, -0.15) is 0 Å². The van der Waals surface area contributed by atoms with Crippen molar-refractivity contribution in [1.29, 1.82) is 0 Å². The number of carbonyl (C=O) groups excluding carboxylic acids is 1. The first-order valence-corrected chi connectivity index (χ1v) is 8.18. The highest BCUT2D eigenvalue weighted by Crippen LogP contribution is 2.15. The lowest BCUT2D eigenvalue weighted by molar-refractivity contribution is -0.122. The van der Waals surface area contributed by atoms with Crippen molar-refractivity contribution >= 4 is 16.9 Å². The molecule has 0 aliphatic rings. The van der Waals surface area contributed by atoms with Crippen molar-refractivity contribution in [3.05, 3.63) is 42.2 Å². The van der Waals surface area contributed by atoms with Crippen LogP contribution in [-0.2, 0) is 22.6 Å². The predicted molar refractivity (Wildman–Crippen MR) is 92.9 cm³/mol. The largest absolute Gasteiger partial charge is 0.383 e. The molecule has 8 nitrogen and oxygen atoms in total. The summed E-state index contributed by atoms with van der Waals surface area (Å²) in [5.41, 5.74) is 1.84. The molecule has 3 aromatic rings. The van der Waals surface area contributed by atoms with E-state index in [1.54, 1.807) is 13.4 Å². The summed E-state index contributed by atoms with van der Waals surface area (Å²) < 4.78 is 8.87. The maximum atomic E-state index is 12.5. The van der Waals surface area contributed by atoms with Gasteiger partial charge in [0, 0.05) is 13.7 Å². The number of carbonyl (C=O) groups is 1. The number of benzene rings is 1. The minimum Gasteiger partial charge on any atom is -0.383 e. The Morgan fingerprint density at radius 1 is 1.36 bits per heavy atom. The molecule has 0 saturated heterocycles. The Hall–Kier alpha value is -2.74. The highest BCUT2D eigenvalue weighted by atomic mass is 16.5. The summed E-state index contributed by atoms with van der Waals surface area (Å²) in [5, 5.41) is 11.0. The van der Waals surface area contributed by atoms with E-state index in [1.807, 2.05) is 47.2 Å². The Kier molecular flexibility index (Phi) is 5.08. The van der Waals surface area contributed by atoms with E-state index in [4.69, 9.17) is 4.74 Å². The molecule has 1 unspecified atom stereocenters. The number of para-hydroxylation sites is 2. The Balaban J connectivity index is 1.70. The number of fused-ring (bicyclic) bond motifs is 1. The van der Waals surface area contributed by atoms with Crippen LogP contribution in [0, 0.1) is 6.92 Å². The number of ether oxygens (including phenoxy) is 1. The second-order valence-corrected chi connectivity index (χ2v) is 5.90. The van der Waals surface area contributed by atoms with E-state index in [0.29, 0.717) is 19.0 Å². The number of aryl methyl sites for hydroxylation is 1. The average molecular weight is 342 g/mol. The molecule has 2 heterocycles. The maximum absolute atomic E-state index is 12.5. The van der Waals surface area contributed by atoms with Gasteiger partial charge in [0.2, 0.25) is 5.91 Å². The molecule has 0 radical (unpaired) electrons. The average Bonchev–Trinajstić information content (AvgIpc) is 3.18. The third kappa shape index (κ3) is 3.69. The molecule has 1 amide bonds. The number of aromatic nitrogens is 5. The van der Waals surface area contributed by atoms with E-state index in [-0.39, 0.29) is 18.5 Å². The van der Waals surface area contributed by atoms with Gasteiger partial charge in [-0.3, -0.25) is 4.79 Å². The molecule has 1 aromatic carbocycles. The molecule has 25 heavy (non-hydrogen) atoms. The van der Waals surface area contributed by atoms with Crippen molar-refractivity contribution in [3.8, 4) is 0 Å². The third-order valence-electron chi connectivity index (χ3n) is 4.09. The molecule has 2 aromatic heterocycles. The highest BCUT2D eigenvalue weighted by Gasteiger charge is 2.17. The normalized spacial score (nSPS) is 12.4. The molecule has 3 rings (SSSR count). The lowest BCUT2D eigenvalue weighted by Gasteiger charge is -2.15. The first-order chi connectivity index (χ1) is 12.1. The quantitative estimate of drug-likeness (QED) is 0.702. The zero-order valence-electron chi connectivity index (χ0n) is 14.6. The summed E-state index contributed by atoms with van der Waals surface area (Å²) in [6.45, 7) is 5.21. The van der Waals surface area contributed by atoms with Crippen LogP contribution in [0.15, 0.2) is 30.6 Å². The first-order valence-electron chi connectivity index (χ1n) is 8.18. The molecule has 132 valence electrons. The molecule has 0 aliphatic carbocycles. The van der Waals surface area contributed by atoms with Crippen LogP contribution in [0.1, 0.15) is 24.6 Å². The number of methoxy groups -OCH3 is 1. The number of amides is 1. The molecular formula is C17H22N6O2. The standard InChI is InChI=1S/C17H22N6O2/c1-12(17-21-18-11-22(17)8-9-25-3)19-16(24)10-23-13(2)20-14-6-4-5-7-15(14)23/h4-7,11-12H,8-10H2,1-3H3,(H,19,24). The second kappa shape index (κ2) is 7.43. The van der Waals surface area contributed by atoms with E-state index in [0.717, 1.165) is 16.9 Å². The van der Waals surface area contributed by atoms with Gasteiger partial charge < -0.3 is 19.2 Å². The summed E-state index contributed by atoms with van der Waals surface area (Å²) in [5.74, 6) is 1.42. The molecule has 0 bridgehead atoms. The van der Waals surface area contributed by atoms with Crippen LogP contribution in [0.5, 0.6) is 0 Å². The van der Waals surface area contributed by atoms with Crippen molar-refractivity contribution in [2.75, 3.05) is 13.7 Å². The number of hydrogen-bond donors (Lipinski definition) is 1. The Morgan fingerprint density at radius 2 is 2.16 bits per heavy atom. The lowest BCUT2D eigenvalue weighted by atomic mass is 10.3.